The fraction of sp³-hybridized carbons (Fsp3) is 0.381. The van der Waals surface area contributed by atoms with Gasteiger partial charge < -0.3 is 15.4 Å². The summed E-state index contributed by atoms with van der Waals surface area (Å²) in [7, 11) is -0.473. The minimum atomic E-state index is -3.52. The third-order valence-electron chi connectivity index (χ3n) is 4.17. The average molecular weight is 546 g/mol. The van der Waals surface area contributed by atoms with Crippen molar-refractivity contribution in [2.45, 2.75) is 25.3 Å². The van der Waals surface area contributed by atoms with Crippen molar-refractivity contribution in [3.8, 4) is 5.75 Å². The normalized spacial score (nSPS) is 11.7. The fourth-order valence-electron chi connectivity index (χ4n) is 2.56. The Labute approximate surface area is 197 Å². The molecule has 2 aromatic carbocycles. The molecule has 0 aliphatic heterocycles. The van der Waals surface area contributed by atoms with Crippen LogP contribution in [0.2, 0.25) is 0 Å². The summed E-state index contributed by atoms with van der Waals surface area (Å²) in [4.78, 5) is 4.80. The van der Waals surface area contributed by atoms with Crippen LogP contribution < -0.4 is 15.4 Å². The lowest BCUT2D eigenvalue weighted by atomic mass is 10.2. The third kappa shape index (κ3) is 7.77. The number of benzene rings is 2. The highest BCUT2D eigenvalue weighted by Gasteiger charge is 2.20. The molecule has 0 bridgehead atoms. The molecular weight excluding hydrogens is 515 g/mol. The molecule has 2 rings (SSSR count). The number of aryl methyl sites for hydroxylation is 1. The van der Waals surface area contributed by atoms with Crippen LogP contribution >= 0.6 is 24.0 Å². The summed E-state index contributed by atoms with van der Waals surface area (Å²) >= 11 is 0. The third-order valence-corrected chi connectivity index (χ3v) is 6.08. The first-order valence-corrected chi connectivity index (χ1v) is 11.0. The zero-order valence-electron chi connectivity index (χ0n) is 17.9. The number of rotatable bonds is 9. The molecule has 7 nitrogen and oxygen atoms in total. The van der Waals surface area contributed by atoms with E-state index in [0.717, 1.165) is 5.75 Å². The first-order valence-electron chi connectivity index (χ1n) is 9.56. The van der Waals surface area contributed by atoms with E-state index in [1.807, 2.05) is 44.2 Å². The number of sulfonamides is 1. The second-order valence-electron chi connectivity index (χ2n) is 6.68. The van der Waals surface area contributed by atoms with Crippen LogP contribution in [0.4, 0.5) is 0 Å². The van der Waals surface area contributed by atoms with Crippen LogP contribution in [-0.2, 0) is 16.6 Å². The van der Waals surface area contributed by atoms with Crippen molar-refractivity contribution < 1.29 is 13.2 Å². The number of guanidine groups is 1. The lowest BCUT2D eigenvalue weighted by Gasteiger charge is -2.15. The van der Waals surface area contributed by atoms with Crippen LogP contribution in [0.1, 0.15) is 18.1 Å². The number of nitrogens with zero attached hydrogens (tertiary/aromatic N) is 2. The van der Waals surface area contributed by atoms with E-state index < -0.39 is 10.0 Å². The Morgan fingerprint density at radius 2 is 1.73 bits per heavy atom. The molecule has 0 fully saturated rings. The highest BCUT2D eigenvalue weighted by atomic mass is 127. The number of ether oxygens (including phenoxy) is 1. The minimum absolute atomic E-state index is 0. The van der Waals surface area contributed by atoms with Crippen LogP contribution in [0, 0.1) is 6.92 Å². The van der Waals surface area contributed by atoms with Gasteiger partial charge in [-0.1, -0.05) is 35.9 Å². The second-order valence-corrected chi connectivity index (χ2v) is 8.80. The maximum Gasteiger partial charge on any atom is 0.242 e. The lowest BCUT2D eigenvalue weighted by Crippen LogP contribution is -2.39. The Morgan fingerprint density at radius 3 is 2.37 bits per heavy atom. The van der Waals surface area contributed by atoms with Gasteiger partial charge in [0.25, 0.3) is 0 Å². The average Bonchev–Trinajstić information content (AvgIpc) is 2.70. The molecule has 0 spiro atoms. The number of halogens is 1. The van der Waals surface area contributed by atoms with E-state index in [2.05, 4.69) is 15.6 Å². The predicted octanol–water partition coefficient (Wildman–Crippen LogP) is 3.00. The summed E-state index contributed by atoms with van der Waals surface area (Å²) in [6, 6.07) is 14.8. The van der Waals surface area contributed by atoms with Crippen LogP contribution in [0.25, 0.3) is 0 Å². The van der Waals surface area contributed by atoms with Gasteiger partial charge in [0.2, 0.25) is 10.0 Å². The highest BCUT2D eigenvalue weighted by molar-refractivity contribution is 14.0. The van der Waals surface area contributed by atoms with E-state index in [0.29, 0.717) is 31.2 Å². The van der Waals surface area contributed by atoms with Gasteiger partial charge in [-0.3, -0.25) is 0 Å². The van der Waals surface area contributed by atoms with E-state index in [1.54, 1.807) is 18.2 Å². The van der Waals surface area contributed by atoms with Crippen LogP contribution in [0.5, 0.6) is 5.75 Å². The lowest BCUT2D eigenvalue weighted by molar-refractivity contribution is 0.322. The molecule has 0 radical (unpaired) electrons. The summed E-state index contributed by atoms with van der Waals surface area (Å²) in [5, 5.41) is 6.37. The summed E-state index contributed by atoms with van der Waals surface area (Å²) in [5.74, 6) is 1.43. The molecule has 0 amide bonds. The van der Waals surface area contributed by atoms with Crippen molar-refractivity contribution in [1.29, 1.82) is 0 Å². The topological polar surface area (TPSA) is 83.0 Å². The van der Waals surface area contributed by atoms with Gasteiger partial charge in [0.15, 0.2) is 5.96 Å². The van der Waals surface area contributed by atoms with Crippen molar-refractivity contribution in [3.05, 3.63) is 59.7 Å². The van der Waals surface area contributed by atoms with Crippen molar-refractivity contribution >= 4 is 40.0 Å². The SMILES string of the molecule is CCNC(=NCc1ccccc1S(=O)(=O)N(C)C)NCCOc1ccc(C)cc1.I. The van der Waals surface area contributed by atoms with Gasteiger partial charge in [0, 0.05) is 20.6 Å². The summed E-state index contributed by atoms with van der Waals surface area (Å²) < 4.78 is 32.0. The van der Waals surface area contributed by atoms with E-state index in [-0.39, 0.29) is 35.4 Å². The Kier molecular flexibility index (Phi) is 11.1. The number of aliphatic imine (C=N–C) groups is 1. The maximum absolute atomic E-state index is 12.5. The molecule has 0 aliphatic carbocycles. The summed E-state index contributed by atoms with van der Waals surface area (Å²) in [6.45, 7) is 6.01. The van der Waals surface area contributed by atoms with E-state index in [9.17, 15) is 8.42 Å². The molecule has 0 aromatic heterocycles. The molecule has 0 saturated carbocycles. The number of hydrogen-bond donors (Lipinski definition) is 2. The molecule has 0 unspecified atom stereocenters. The summed E-state index contributed by atoms with van der Waals surface area (Å²) in [6.07, 6.45) is 0. The predicted molar refractivity (Wildman–Crippen MR) is 132 cm³/mol. The molecule has 0 heterocycles. The van der Waals surface area contributed by atoms with Crippen molar-refractivity contribution in [2.75, 3.05) is 33.8 Å². The van der Waals surface area contributed by atoms with Gasteiger partial charge in [-0.2, -0.15) is 0 Å². The smallest absolute Gasteiger partial charge is 0.242 e. The van der Waals surface area contributed by atoms with Gasteiger partial charge in [0.05, 0.1) is 18.0 Å². The summed E-state index contributed by atoms with van der Waals surface area (Å²) in [5.41, 5.74) is 1.84. The Morgan fingerprint density at radius 1 is 1.07 bits per heavy atom. The monoisotopic (exact) mass is 546 g/mol. The molecule has 30 heavy (non-hydrogen) atoms. The zero-order valence-corrected chi connectivity index (χ0v) is 21.0. The van der Waals surface area contributed by atoms with Gasteiger partial charge in [-0.15, -0.1) is 24.0 Å². The molecule has 166 valence electrons. The van der Waals surface area contributed by atoms with Crippen molar-refractivity contribution in [3.63, 3.8) is 0 Å². The maximum atomic E-state index is 12.5. The van der Waals surface area contributed by atoms with Crippen molar-refractivity contribution in [2.24, 2.45) is 4.99 Å². The Balaban J connectivity index is 0.00000450. The first-order chi connectivity index (χ1) is 13.8. The fourth-order valence-corrected chi connectivity index (χ4v) is 3.67. The van der Waals surface area contributed by atoms with Gasteiger partial charge >= 0.3 is 0 Å². The molecule has 9 heteroatoms. The van der Waals surface area contributed by atoms with Crippen LogP contribution in [0.3, 0.4) is 0 Å². The molecule has 2 aromatic rings. The molecule has 0 saturated heterocycles. The first kappa shape index (κ1) is 26.2. The highest BCUT2D eigenvalue weighted by Crippen LogP contribution is 2.19. The molecule has 2 N–H and O–H groups in total. The van der Waals surface area contributed by atoms with Gasteiger partial charge in [-0.05, 0) is 37.6 Å². The number of hydrogen-bond acceptors (Lipinski definition) is 4. The number of nitrogens with one attached hydrogen (secondary N) is 2. The standard InChI is InChI=1S/C21H30N4O3S.HI/c1-5-22-21(23-14-15-28-19-12-10-17(2)11-13-19)24-16-18-8-6-7-9-20(18)29(26,27)25(3)4;/h6-13H,5,14-16H2,1-4H3,(H2,22,23,24);1H. The van der Waals surface area contributed by atoms with Gasteiger partial charge in [0.1, 0.15) is 12.4 Å². The Bertz CT molecular complexity index is 916. The minimum Gasteiger partial charge on any atom is -0.492 e. The molecular formula is C21H31IN4O3S. The quantitative estimate of drug-likeness (QED) is 0.219. The van der Waals surface area contributed by atoms with E-state index in [4.69, 9.17) is 4.74 Å². The Hall–Kier alpha value is -1.85. The van der Waals surface area contributed by atoms with Crippen LogP contribution in [0.15, 0.2) is 58.4 Å². The van der Waals surface area contributed by atoms with Crippen LogP contribution in [-0.4, -0.2) is 52.5 Å². The van der Waals surface area contributed by atoms with E-state index >= 15 is 0 Å². The molecule has 0 atom stereocenters. The van der Waals surface area contributed by atoms with E-state index in [1.165, 1.54) is 24.0 Å². The van der Waals surface area contributed by atoms with Gasteiger partial charge in [-0.25, -0.2) is 17.7 Å². The van der Waals surface area contributed by atoms with Crippen molar-refractivity contribution in [1.82, 2.24) is 14.9 Å². The second kappa shape index (κ2) is 12.8. The zero-order chi connectivity index (χ0) is 21.3. The molecule has 0 aliphatic rings. The largest absolute Gasteiger partial charge is 0.492 e.